The summed E-state index contributed by atoms with van der Waals surface area (Å²) in [7, 11) is 0. The molecule has 4 aliphatic carbocycles. The number of carbonyl (C=O) groups is 1. The molecule has 158 valence electrons. The molecule has 0 saturated heterocycles. The van der Waals surface area contributed by atoms with E-state index in [2.05, 4.69) is 21.5 Å². The lowest BCUT2D eigenvalue weighted by Gasteiger charge is -2.56. The topological polar surface area (TPSA) is 68.2 Å². The zero-order valence-corrected chi connectivity index (χ0v) is 18.1. The highest BCUT2D eigenvalue weighted by atomic mass is 32.1. The van der Waals surface area contributed by atoms with Crippen LogP contribution < -0.4 is 10.6 Å². The molecule has 0 unspecified atom stereocenters. The molecule has 0 amide bonds. The van der Waals surface area contributed by atoms with Crippen LogP contribution in [0.25, 0.3) is 0 Å². The van der Waals surface area contributed by atoms with E-state index in [0.29, 0.717) is 17.3 Å². The summed E-state index contributed by atoms with van der Waals surface area (Å²) in [5.41, 5.74) is 1.55. The molecule has 4 fully saturated rings. The van der Waals surface area contributed by atoms with Gasteiger partial charge in [-0.05, 0) is 99.7 Å². The van der Waals surface area contributed by atoms with Crippen LogP contribution in [-0.4, -0.2) is 27.5 Å². The minimum atomic E-state index is -0.319. The molecule has 0 spiro atoms. The molecule has 1 aromatic heterocycles. The number of hydrogen-bond donors (Lipinski definition) is 2. The molecule has 30 heavy (non-hydrogen) atoms. The molecule has 7 heteroatoms. The molecule has 2 aromatic rings. The molecular formula is C23H28N4O2S. The Hall–Kier alpha value is -2.41. The van der Waals surface area contributed by atoms with Gasteiger partial charge in [-0.3, -0.25) is 4.68 Å². The van der Waals surface area contributed by atoms with Crippen molar-refractivity contribution in [1.29, 1.82) is 0 Å². The van der Waals surface area contributed by atoms with E-state index >= 15 is 0 Å². The summed E-state index contributed by atoms with van der Waals surface area (Å²) in [6.07, 6.45) is 10.2. The largest absolute Gasteiger partial charge is 0.462 e. The van der Waals surface area contributed by atoms with Crippen molar-refractivity contribution in [3.05, 3.63) is 42.1 Å². The lowest BCUT2D eigenvalue weighted by Crippen LogP contribution is -2.52. The average molecular weight is 425 g/mol. The van der Waals surface area contributed by atoms with Crippen LogP contribution in [0.2, 0.25) is 0 Å². The minimum Gasteiger partial charge on any atom is -0.462 e. The molecule has 1 heterocycles. The number of esters is 1. The van der Waals surface area contributed by atoms with Gasteiger partial charge in [0, 0.05) is 18.0 Å². The second kappa shape index (κ2) is 7.69. The van der Waals surface area contributed by atoms with Gasteiger partial charge in [-0.1, -0.05) is 0 Å². The summed E-state index contributed by atoms with van der Waals surface area (Å²) in [6.45, 7) is 2.16. The van der Waals surface area contributed by atoms with E-state index in [-0.39, 0.29) is 11.5 Å². The van der Waals surface area contributed by atoms with Gasteiger partial charge >= 0.3 is 5.97 Å². The molecule has 0 atom stereocenters. The second-order valence-corrected chi connectivity index (χ2v) is 9.57. The molecule has 6 rings (SSSR count). The van der Waals surface area contributed by atoms with Crippen molar-refractivity contribution in [3.63, 3.8) is 0 Å². The van der Waals surface area contributed by atoms with Gasteiger partial charge < -0.3 is 15.4 Å². The second-order valence-electron chi connectivity index (χ2n) is 9.16. The van der Waals surface area contributed by atoms with Crippen LogP contribution in [0.3, 0.4) is 0 Å². The van der Waals surface area contributed by atoms with Crippen molar-refractivity contribution in [2.75, 3.05) is 17.2 Å². The summed E-state index contributed by atoms with van der Waals surface area (Å²) in [5.74, 6) is 3.11. The Morgan fingerprint density at radius 1 is 1.10 bits per heavy atom. The van der Waals surface area contributed by atoms with Gasteiger partial charge in [0.1, 0.15) is 0 Å². The number of anilines is 2. The first-order chi connectivity index (χ1) is 14.5. The van der Waals surface area contributed by atoms with E-state index < -0.39 is 0 Å². The number of hydrogen-bond acceptors (Lipinski definition) is 4. The summed E-state index contributed by atoms with van der Waals surface area (Å²) in [4.78, 5) is 11.8. The van der Waals surface area contributed by atoms with Crippen LogP contribution in [-0.2, 0) is 10.3 Å². The maximum atomic E-state index is 11.8. The highest BCUT2D eigenvalue weighted by Crippen LogP contribution is 2.58. The van der Waals surface area contributed by atoms with Gasteiger partial charge in [0.2, 0.25) is 0 Å². The van der Waals surface area contributed by atoms with Crippen molar-refractivity contribution >= 4 is 34.8 Å². The van der Waals surface area contributed by atoms with Crippen molar-refractivity contribution in [2.24, 2.45) is 17.8 Å². The lowest BCUT2D eigenvalue weighted by molar-refractivity contribution is -0.0492. The quantitative estimate of drug-likeness (QED) is 0.531. The third kappa shape index (κ3) is 3.71. The first-order valence-corrected chi connectivity index (χ1v) is 11.4. The van der Waals surface area contributed by atoms with E-state index in [4.69, 9.17) is 22.1 Å². The Labute approximate surface area is 182 Å². The number of thiocarbonyl (C=S) groups is 1. The van der Waals surface area contributed by atoms with Gasteiger partial charge in [-0.25, -0.2) is 4.79 Å². The van der Waals surface area contributed by atoms with E-state index in [1.165, 1.54) is 38.5 Å². The molecule has 0 radical (unpaired) electrons. The van der Waals surface area contributed by atoms with Crippen LogP contribution >= 0.6 is 12.2 Å². The Morgan fingerprint density at radius 2 is 1.73 bits per heavy atom. The van der Waals surface area contributed by atoms with Crippen LogP contribution in [0.5, 0.6) is 0 Å². The number of carbonyl (C=O) groups excluding carboxylic acids is 1. The van der Waals surface area contributed by atoms with Crippen LogP contribution in [0.4, 0.5) is 11.5 Å². The van der Waals surface area contributed by atoms with Gasteiger partial charge in [0.25, 0.3) is 0 Å². The number of ether oxygens (including phenoxy) is 1. The standard InChI is InChI=1S/C23H28N4O2S/c1-2-29-21(28)18-3-5-19(6-4-18)24-22(30)25-20-7-8-27(26-20)23-12-15-9-16(13-23)11-17(10-15)14-23/h3-8,15-17H,2,9-14H2,1H3,(H2,24,25,26,30). The van der Waals surface area contributed by atoms with Gasteiger partial charge in [-0.15, -0.1) is 0 Å². The Balaban J connectivity index is 1.22. The Bertz CT molecular complexity index is 917. The number of benzene rings is 1. The highest BCUT2D eigenvalue weighted by molar-refractivity contribution is 7.80. The van der Waals surface area contributed by atoms with Crippen molar-refractivity contribution < 1.29 is 9.53 Å². The molecule has 4 saturated carbocycles. The van der Waals surface area contributed by atoms with E-state index in [1.807, 2.05) is 18.2 Å². The predicted octanol–water partition coefficient (Wildman–Crippen LogP) is 4.79. The van der Waals surface area contributed by atoms with E-state index in [9.17, 15) is 4.79 Å². The monoisotopic (exact) mass is 424 g/mol. The zero-order valence-electron chi connectivity index (χ0n) is 17.3. The third-order valence-corrected chi connectivity index (χ3v) is 7.18. The SMILES string of the molecule is CCOC(=O)c1ccc(NC(=S)Nc2ccn(C34CC5CC(CC(C5)C3)C4)n2)cc1. The molecule has 1 aromatic carbocycles. The average Bonchev–Trinajstić information content (AvgIpc) is 3.17. The number of nitrogens with zero attached hydrogens (tertiary/aromatic N) is 2. The Morgan fingerprint density at radius 3 is 2.33 bits per heavy atom. The summed E-state index contributed by atoms with van der Waals surface area (Å²) < 4.78 is 7.23. The number of nitrogens with one attached hydrogen (secondary N) is 2. The van der Waals surface area contributed by atoms with Crippen molar-refractivity contribution in [2.45, 2.75) is 51.0 Å². The van der Waals surface area contributed by atoms with Crippen molar-refractivity contribution in [1.82, 2.24) is 9.78 Å². The summed E-state index contributed by atoms with van der Waals surface area (Å²) in [6, 6.07) is 9.09. The lowest BCUT2D eigenvalue weighted by atomic mass is 9.53. The number of aromatic nitrogens is 2. The summed E-state index contributed by atoms with van der Waals surface area (Å²) in [5, 5.41) is 11.7. The van der Waals surface area contributed by atoms with Crippen LogP contribution in [0.1, 0.15) is 55.8 Å². The zero-order chi connectivity index (χ0) is 20.7. The molecule has 0 aliphatic heterocycles. The smallest absolute Gasteiger partial charge is 0.338 e. The fourth-order valence-electron chi connectivity index (χ4n) is 6.18. The van der Waals surface area contributed by atoms with E-state index in [0.717, 1.165) is 29.3 Å². The maximum Gasteiger partial charge on any atom is 0.338 e. The fraction of sp³-hybridized carbons (Fsp3) is 0.522. The first-order valence-electron chi connectivity index (χ1n) is 10.9. The maximum absolute atomic E-state index is 11.8. The molecular weight excluding hydrogens is 396 g/mol. The van der Waals surface area contributed by atoms with Crippen LogP contribution in [0.15, 0.2) is 36.5 Å². The van der Waals surface area contributed by atoms with Crippen LogP contribution in [0, 0.1) is 17.8 Å². The molecule has 2 N–H and O–H groups in total. The van der Waals surface area contributed by atoms with E-state index in [1.54, 1.807) is 19.1 Å². The first kappa shape index (κ1) is 19.5. The fourth-order valence-corrected chi connectivity index (χ4v) is 6.41. The van der Waals surface area contributed by atoms with Crippen molar-refractivity contribution in [3.8, 4) is 0 Å². The Kier molecular flexibility index (Phi) is 5.01. The van der Waals surface area contributed by atoms with Gasteiger partial charge in [0.15, 0.2) is 10.9 Å². The third-order valence-electron chi connectivity index (χ3n) is 6.98. The number of rotatable bonds is 5. The normalized spacial score (nSPS) is 28.9. The minimum absolute atomic E-state index is 0.215. The predicted molar refractivity (Wildman–Crippen MR) is 121 cm³/mol. The molecule has 6 nitrogen and oxygen atoms in total. The highest BCUT2D eigenvalue weighted by Gasteiger charge is 2.52. The van der Waals surface area contributed by atoms with Gasteiger partial charge in [0.05, 0.1) is 17.7 Å². The van der Waals surface area contributed by atoms with Gasteiger partial charge in [-0.2, -0.15) is 5.10 Å². The molecule has 4 bridgehead atoms. The summed E-state index contributed by atoms with van der Waals surface area (Å²) >= 11 is 5.46. The molecule has 4 aliphatic rings.